The maximum atomic E-state index is 12.7. The van der Waals surface area contributed by atoms with Crippen molar-refractivity contribution in [3.63, 3.8) is 0 Å². The van der Waals surface area contributed by atoms with Crippen LogP contribution in [-0.4, -0.2) is 44.6 Å². The average Bonchev–Trinajstić information content (AvgIpc) is 3.38. The molecule has 0 spiro atoms. The van der Waals surface area contributed by atoms with Crippen molar-refractivity contribution >= 4 is 22.9 Å². The van der Waals surface area contributed by atoms with Crippen molar-refractivity contribution in [2.75, 3.05) is 24.5 Å². The van der Waals surface area contributed by atoms with Crippen molar-refractivity contribution in [2.24, 2.45) is 5.92 Å². The highest BCUT2D eigenvalue weighted by Gasteiger charge is 2.28. The number of carbonyl (C=O) groups excluding carboxylic acids is 1. The SMILES string of the molecule is CCn1c(N2CCCC(C(=O)NCCCn3ccnc3)C2)nc2ccccc21. The minimum atomic E-state index is 0.0205. The highest BCUT2D eigenvalue weighted by atomic mass is 16.1. The molecule has 148 valence electrons. The van der Waals surface area contributed by atoms with Crippen LogP contribution < -0.4 is 10.2 Å². The van der Waals surface area contributed by atoms with Crippen LogP contribution in [0.3, 0.4) is 0 Å². The summed E-state index contributed by atoms with van der Waals surface area (Å²) in [5, 5.41) is 3.12. The molecule has 3 aromatic rings. The van der Waals surface area contributed by atoms with Crippen molar-refractivity contribution in [2.45, 2.75) is 39.3 Å². The van der Waals surface area contributed by atoms with Gasteiger partial charge >= 0.3 is 0 Å². The van der Waals surface area contributed by atoms with Crippen LogP contribution in [0, 0.1) is 5.92 Å². The lowest BCUT2D eigenvalue weighted by atomic mass is 9.97. The number of fused-ring (bicyclic) bond motifs is 1. The third-order valence-electron chi connectivity index (χ3n) is 5.48. The minimum absolute atomic E-state index is 0.0205. The molecule has 0 aliphatic carbocycles. The van der Waals surface area contributed by atoms with Gasteiger partial charge in [-0.1, -0.05) is 12.1 Å². The molecule has 7 heteroatoms. The first-order valence-corrected chi connectivity index (χ1v) is 10.2. The summed E-state index contributed by atoms with van der Waals surface area (Å²) in [7, 11) is 0. The molecular formula is C21H28N6O. The number of carbonyl (C=O) groups is 1. The van der Waals surface area contributed by atoms with Crippen LogP contribution in [0.5, 0.6) is 0 Å². The molecule has 1 fully saturated rings. The zero-order chi connectivity index (χ0) is 19.3. The standard InChI is InChI=1S/C21H28N6O/c1-2-27-19-9-4-3-8-18(19)24-21(27)26-13-5-7-17(15-26)20(28)23-10-6-12-25-14-11-22-16-25/h3-4,8-9,11,14,16-17H,2,5-7,10,12-13,15H2,1H3,(H,23,28). The first-order valence-electron chi connectivity index (χ1n) is 10.2. The Labute approximate surface area is 165 Å². The zero-order valence-corrected chi connectivity index (χ0v) is 16.4. The summed E-state index contributed by atoms with van der Waals surface area (Å²) in [6.45, 7) is 6.27. The number of hydrogen-bond acceptors (Lipinski definition) is 4. The van der Waals surface area contributed by atoms with Gasteiger partial charge in [0.1, 0.15) is 0 Å². The third-order valence-corrected chi connectivity index (χ3v) is 5.48. The number of aromatic nitrogens is 4. The zero-order valence-electron chi connectivity index (χ0n) is 16.4. The molecule has 1 aromatic carbocycles. The molecule has 3 heterocycles. The van der Waals surface area contributed by atoms with E-state index < -0.39 is 0 Å². The Hall–Kier alpha value is -2.83. The molecular weight excluding hydrogens is 352 g/mol. The van der Waals surface area contributed by atoms with Crippen LogP contribution in [0.25, 0.3) is 11.0 Å². The van der Waals surface area contributed by atoms with Gasteiger partial charge in [-0.25, -0.2) is 9.97 Å². The van der Waals surface area contributed by atoms with Crippen molar-refractivity contribution in [3.05, 3.63) is 43.0 Å². The summed E-state index contributed by atoms with van der Waals surface area (Å²) in [6, 6.07) is 8.24. The van der Waals surface area contributed by atoms with E-state index >= 15 is 0 Å². The third kappa shape index (κ3) is 3.88. The summed E-state index contributed by atoms with van der Waals surface area (Å²) in [5.74, 6) is 1.17. The number of rotatable bonds is 7. The highest BCUT2D eigenvalue weighted by molar-refractivity contribution is 5.81. The molecule has 1 unspecified atom stereocenters. The second-order valence-corrected chi connectivity index (χ2v) is 7.38. The molecule has 0 saturated carbocycles. The van der Waals surface area contributed by atoms with E-state index in [-0.39, 0.29) is 11.8 Å². The van der Waals surface area contributed by atoms with Crippen LogP contribution >= 0.6 is 0 Å². The molecule has 0 bridgehead atoms. The number of nitrogens with one attached hydrogen (secondary N) is 1. The van der Waals surface area contributed by atoms with E-state index in [1.54, 1.807) is 12.5 Å². The number of para-hydroxylation sites is 2. The maximum Gasteiger partial charge on any atom is 0.224 e. The number of anilines is 1. The van der Waals surface area contributed by atoms with Gasteiger partial charge in [-0.2, -0.15) is 0 Å². The lowest BCUT2D eigenvalue weighted by Crippen LogP contribution is -2.44. The Kier molecular flexibility index (Phi) is 5.60. The maximum absolute atomic E-state index is 12.7. The quantitative estimate of drug-likeness (QED) is 0.640. The Morgan fingerprint density at radius 3 is 3.04 bits per heavy atom. The van der Waals surface area contributed by atoms with Crippen molar-refractivity contribution in [1.29, 1.82) is 0 Å². The Balaban J connectivity index is 1.37. The number of piperidine rings is 1. The van der Waals surface area contributed by atoms with E-state index in [2.05, 4.69) is 44.9 Å². The van der Waals surface area contributed by atoms with Crippen molar-refractivity contribution < 1.29 is 4.79 Å². The number of nitrogens with zero attached hydrogens (tertiary/aromatic N) is 5. The lowest BCUT2D eigenvalue weighted by molar-refractivity contribution is -0.125. The first-order chi connectivity index (χ1) is 13.8. The minimum Gasteiger partial charge on any atom is -0.356 e. The van der Waals surface area contributed by atoms with E-state index in [1.165, 1.54) is 0 Å². The van der Waals surface area contributed by atoms with Crippen LogP contribution in [0.1, 0.15) is 26.2 Å². The molecule has 1 atom stereocenters. The summed E-state index contributed by atoms with van der Waals surface area (Å²) in [5.41, 5.74) is 2.18. The average molecular weight is 380 g/mol. The van der Waals surface area contributed by atoms with Gasteiger partial charge < -0.3 is 19.4 Å². The summed E-state index contributed by atoms with van der Waals surface area (Å²) < 4.78 is 4.28. The smallest absolute Gasteiger partial charge is 0.224 e. The number of benzene rings is 1. The lowest BCUT2D eigenvalue weighted by Gasteiger charge is -2.33. The first kappa shape index (κ1) is 18.5. The fraction of sp³-hybridized carbons (Fsp3) is 0.476. The van der Waals surface area contributed by atoms with E-state index in [9.17, 15) is 4.79 Å². The summed E-state index contributed by atoms with van der Waals surface area (Å²) >= 11 is 0. The second-order valence-electron chi connectivity index (χ2n) is 7.38. The van der Waals surface area contributed by atoms with Gasteiger partial charge in [-0.3, -0.25) is 4.79 Å². The highest BCUT2D eigenvalue weighted by Crippen LogP contribution is 2.27. The molecule has 1 N–H and O–H groups in total. The molecule has 1 saturated heterocycles. The van der Waals surface area contributed by atoms with Gasteiger partial charge in [0, 0.05) is 45.1 Å². The second kappa shape index (κ2) is 8.46. The molecule has 28 heavy (non-hydrogen) atoms. The molecule has 1 aliphatic heterocycles. The van der Waals surface area contributed by atoms with E-state index in [0.717, 1.165) is 62.4 Å². The van der Waals surface area contributed by atoms with Crippen LogP contribution in [-0.2, 0) is 17.9 Å². The van der Waals surface area contributed by atoms with Crippen LogP contribution in [0.4, 0.5) is 5.95 Å². The number of hydrogen-bond donors (Lipinski definition) is 1. The number of aryl methyl sites for hydroxylation is 2. The number of imidazole rings is 2. The van der Waals surface area contributed by atoms with Crippen LogP contribution in [0.15, 0.2) is 43.0 Å². The van der Waals surface area contributed by atoms with E-state index in [4.69, 9.17) is 4.98 Å². The van der Waals surface area contributed by atoms with Gasteiger partial charge in [0.25, 0.3) is 0 Å². The predicted molar refractivity (Wildman–Crippen MR) is 110 cm³/mol. The van der Waals surface area contributed by atoms with E-state index in [0.29, 0.717) is 6.54 Å². The summed E-state index contributed by atoms with van der Waals surface area (Å²) in [6.07, 6.45) is 8.39. The molecule has 7 nitrogen and oxygen atoms in total. The Bertz CT molecular complexity index is 916. The fourth-order valence-corrected chi connectivity index (χ4v) is 4.03. The van der Waals surface area contributed by atoms with Gasteiger partial charge in [0.2, 0.25) is 11.9 Å². The van der Waals surface area contributed by atoms with Crippen molar-refractivity contribution in [3.8, 4) is 0 Å². The Morgan fingerprint density at radius 1 is 1.32 bits per heavy atom. The van der Waals surface area contributed by atoms with Gasteiger partial charge in [-0.15, -0.1) is 0 Å². The van der Waals surface area contributed by atoms with E-state index in [1.807, 2.05) is 16.8 Å². The number of amides is 1. The van der Waals surface area contributed by atoms with Gasteiger partial charge in [-0.05, 0) is 38.3 Å². The molecule has 0 radical (unpaired) electrons. The predicted octanol–water partition coefficient (Wildman–Crippen LogP) is 2.68. The van der Waals surface area contributed by atoms with Crippen molar-refractivity contribution in [1.82, 2.24) is 24.4 Å². The molecule has 4 rings (SSSR count). The molecule has 1 amide bonds. The van der Waals surface area contributed by atoms with Gasteiger partial charge in [0.05, 0.1) is 23.3 Å². The molecule has 1 aliphatic rings. The summed E-state index contributed by atoms with van der Waals surface area (Å²) in [4.78, 5) is 23.9. The topological polar surface area (TPSA) is 68.0 Å². The molecule has 2 aromatic heterocycles. The largest absolute Gasteiger partial charge is 0.356 e. The Morgan fingerprint density at radius 2 is 2.21 bits per heavy atom. The monoisotopic (exact) mass is 380 g/mol. The van der Waals surface area contributed by atoms with Crippen LogP contribution in [0.2, 0.25) is 0 Å². The normalized spacial score (nSPS) is 17.2. The van der Waals surface area contributed by atoms with Gasteiger partial charge in [0.15, 0.2) is 0 Å². The fourth-order valence-electron chi connectivity index (χ4n) is 4.03.